The van der Waals surface area contributed by atoms with Crippen molar-refractivity contribution >= 4 is 40.3 Å². The van der Waals surface area contributed by atoms with Crippen LogP contribution in [0.5, 0.6) is 0 Å². The van der Waals surface area contributed by atoms with Gasteiger partial charge in [0.1, 0.15) is 6.61 Å². The lowest BCUT2D eigenvalue weighted by Crippen LogP contribution is -2.49. The van der Waals surface area contributed by atoms with E-state index in [0.717, 1.165) is 14.8 Å². The minimum atomic E-state index is -0.346. The Labute approximate surface area is 219 Å². The van der Waals surface area contributed by atoms with E-state index < -0.39 is 0 Å². The van der Waals surface area contributed by atoms with Crippen molar-refractivity contribution in [1.82, 2.24) is 4.90 Å². The zero-order chi connectivity index (χ0) is 24.5. The lowest BCUT2D eigenvalue weighted by atomic mass is 9.98. The van der Waals surface area contributed by atoms with Crippen molar-refractivity contribution < 1.29 is 19.1 Å². The molecule has 0 saturated carbocycles. The average molecular weight is 582 g/mol. The Morgan fingerprint density at radius 3 is 2.14 bits per heavy atom. The molecule has 35 heavy (non-hydrogen) atoms. The van der Waals surface area contributed by atoms with Gasteiger partial charge >= 0.3 is 12.1 Å². The zero-order valence-corrected chi connectivity index (χ0v) is 21.9. The Hall–Kier alpha value is -3.07. The number of anilines is 1. The highest BCUT2D eigenvalue weighted by Gasteiger charge is 2.30. The number of amides is 1. The molecule has 3 aromatic carbocycles. The fraction of sp³-hybridized carbons (Fsp3) is 0.286. The standard InChI is InChI=1S/C28H27IN2O4/c1-18-25(29)15-19(27(32)34-2)16-26(18)30-11-13-31(14-12-30)28(33)35-17-24-22-9-5-3-7-20(22)21-8-4-6-10-23(21)24/h3-10,15-16,24H,11-14,17H2,1-2H3. The summed E-state index contributed by atoms with van der Waals surface area (Å²) in [5.74, 6) is -0.292. The van der Waals surface area contributed by atoms with Crippen LogP contribution < -0.4 is 4.90 Å². The number of halogens is 1. The van der Waals surface area contributed by atoms with Gasteiger partial charge in [0.25, 0.3) is 0 Å². The summed E-state index contributed by atoms with van der Waals surface area (Å²) in [5, 5.41) is 0. The molecule has 3 aromatic rings. The predicted molar refractivity (Wildman–Crippen MR) is 144 cm³/mol. The van der Waals surface area contributed by atoms with Crippen molar-refractivity contribution in [3.63, 3.8) is 0 Å². The third kappa shape index (κ3) is 4.49. The SMILES string of the molecule is COC(=O)c1cc(I)c(C)c(N2CCN(C(=O)OCC3c4ccccc4-c4ccccc43)CC2)c1. The second-order valence-corrected chi connectivity index (χ2v) is 10.0. The number of piperazine rings is 1. The van der Waals surface area contributed by atoms with Crippen molar-refractivity contribution in [3.05, 3.63) is 86.5 Å². The van der Waals surface area contributed by atoms with E-state index in [0.29, 0.717) is 38.3 Å². The monoisotopic (exact) mass is 582 g/mol. The number of hydrogen-bond acceptors (Lipinski definition) is 5. The van der Waals surface area contributed by atoms with Gasteiger partial charge in [-0.1, -0.05) is 48.5 Å². The van der Waals surface area contributed by atoms with Gasteiger partial charge in [-0.05, 0) is 69.5 Å². The van der Waals surface area contributed by atoms with Gasteiger partial charge in [-0.2, -0.15) is 0 Å². The van der Waals surface area contributed by atoms with E-state index in [9.17, 15) is 9.59 Å². The molecule has 0 bridgehead atoms. The maximum atomic E-state index is 12.9. The highest BCUT2D eigenvalue weighted by Crippen LogP contribution is 2.44. The molecule has 0 radical (unpaired) electrons. The minimum Gasteiger partial charge on any atom is -0.465 e. The van der Waals surface area contributed by atoms with Crippen LogP contribution in [0, 0.1) is 10.5 Å². The molecule has 1 aliphatic heterocycles. The molecule has 1 heterocycles. The van der Waals surface area contributed by atoms with Crippen molar-refractivity contribution in [1.29, 1.82) is 0 Å². The maximum absolute atomic E-state index is 12.9. The summed E-state index contributed by atoms with van der Waals surface area (Å²) in [7, 11) is 1.39. The predicted octanol–water partition coefficient (Wildman–Crippen LogP) is 5.46. The van der Waals surface area contributed by atoms with Crippen molar-refractivity contribution in [3.8, 4) is 11.1 Å². The van der Waals surface area contributed by atoms with Gasteiger partial charge in [0.15, 0.2) is 0 Å². The summed E-state index contributed by atoms with van der Waals surface area (Å²) >= 11 is 2.25. The molecule has 1 fully saturated rings. The fourth-order valence-electron chi connectivity index (χ4n) is 5.04. The van der Waals surface area contributed by atoms with E-state index >= 15 is 0 Å². The Morgan fingerprint density at radius 1 is 0.943 bits per heavy atom. The largest absolute Gasteiger partial charge is 0.465 e. The van der Waals surface area contributed by atoms with Gasteiger partial charge in [0.2, 0.25) is 0 Å². The first-order valence-electron chi connectivity index (χ1n) is 11.7. The van der Waals surface area contributed by atoms with Crippen molar-refractivity contribution in [2.45, 2.75) is 12.8 Å². The van der Waals surface area contributed by atoms with Crippen LogP contribution in [0.1, 0.15) is 33.0 Å². The molecule has 0 unspecified atom stereocenters. The molecular formula is C28H27IN2O4. The molecule has 180 valence electrons. The van der Waals surface area contributed by atoms with Crippen LogP contribution in [0.2, 0.25) is 0 Å². The first kappa shape index (κ1) is 23.7. The number of hydrogen-bond donors (Lipinski definition) is 0. The van der Waals surface area contributed by atoms with Crippen LogP contribution in [0.4, 0.5) is 10.5 Å². The summed E-state index contributed by atoms with van der Waals surface area (Å²) in [5.41, 5.74) is 7.52. The molecule has 7 heteroatoms. The molecule has 1 amide bonds. The number of fused-ring (bicyclic) bond motifs is 3. The second kappa shape index (κ2) is 9.89. The van der Waals surface area contributed by atoms with E-state index in [-0.39, 0.29) is 18.0 Å². The van der Waals surface area contributed by atoms with Gasteiger partial charge in [0.05, 0.1) is 12.7 Å². The Bertz CT molecular complexity index is 1240. The smallest absolute Gasteiger partial charge is 0.409 e. The summed E-state index contributed by atoms with van der Waals surface area (Å²) in [6, 6.07) is 20.4. The van der Waals surface area contributed by atoms with Gasteiger partial charge in [0, 0.05) is 41.4 Å². The topological polar surface area (TPSA) is 59.1 Å². The van der Waals surface area contributed by atoms with Crippen LogP contribution in [0.3, 0.4) is 0 Å². The number of methoxy groups -OCH3 is 1. The summed E-state index contributed by atoms with van der Waals surface area (Å²) in [4.78, 5) is 29.0. The molecule has 2 aliphatic rings. The highest BCUT2D eigenvalue weighted by atomic mass is 127. The first-order chi connectivity index (χ1) is 17.0. The van der Waals surface area contributed by atoms with Crippen molar-refractivity contribution in [2.24, 2.45) is 0 Å². The van der Waals surface area contributed by atoms with Crippen LogP contribution in [-0.4, -0.2) is 56.9 Å². The number of esters is 1. The van der Waals surface area contributed by atoms with E-state index in [4.69, 9.17) is 9.47 Å². The third-order valence-electron chi connectivity index (χ3n) is 6.95. The number of carbonyl (C=O) groups is 2. The van der Waals surface area contributed by atoms with E-state index in [2.05, 4.69) is 58.7 Å². The van der Waals surface area contributed by atoms with Crippen LogP contribution in [0.15, 0.2) is 60.7 Å². The molecule has 0 aromatic heterocycles. The Balaban J connectivity index is 1.23. The molecule has 1 saturated heterocycles. The zero-order valence-electron chi connectivity index (χ0n) is 19.8. The minimum absolute atomic E-state index is 0.0541. The molecule has 0 N–H and O–H groups in total. The van der Waals surface area contributed by atoms with Crippen molar-refractivity contribution in [2.75, 3.05) is 44.8 Å². The molecule has 6 nitrogen and oxygen atoms in total. The van der Waals surface area contributed by atoms with Gasteiger partial charge in [-0.25, -0.2) is 9.59 Å². The van der Waals surface area contributed by atoms with Crippen LogP contribution in [-0.2, 0) is 9.47 Å². The van der Waals surface area contributed by atoms with E-state index in [1.54, 1.807) is 4.90 Å². The summed E-state index contributed by atoms with van der Waals surface area (Å²) in [6.45, 7) is 4.85. The highest BCUT2D eigenvalue weighted by molar-refractivity contribution is 14.1. The van der Waals surface area contributed by atoms with Gasteiger partial charge < -0.3 is 19.3 Å². The average Bonchev–Trinajstić information content (AvgIpc) is 3.22. The number of rotatable bonds is 4. The fourth-order valence-corrected chi connectivity index (χ4v) is 5.66. The quantitative estimate of drug-likeness (QED) is 0.302. The first-order valence-corrected chi connectivity index (χ1v) is 12.8. The van der Waals surface area contributed by atoms with E-state index in [1.807, 2.05) is 36.4 Å². The Morgan fingerprint density at radius 2 is 1.54 bits per heavy atom. The van der Waals surface area contributed by atoms with Crippen LogP contribution in [0.25, 0.3) is 11.1 Å². The summed E-state index contributed by atoms with van der Waals surface area (Å²) in [6.07, 6.45) is -0.277. The van der Waals surface area contributed by atoms with Gasteiger partial charge in [-0.3, -0.25) is 0 Å². The number of ether oxygens (including phenoxy) is 2. The van der Waals surface area contributed by atoms with Gasteiger partial charge in [-0.15, -0.1) is 0 Å². The maximum Gasteiger partial charge on any atom is 0.409 e. The molecule has 5 rings (SSSR count). The second-order valence-electron chi connectivity index (χ2n) is 8.87. The molecule has 1 aliphatic carbocycles. The normalized spacial score (nSPS) is 14.9. The lowest BCUT2D eigenvalue weighted by molar-refractivity contribution is 0.0600. The number of carbonyl (C=O) groups excluding carboxylic acids is 2. The number of benzene rings is 3. The third-order valence-corrected chi connectivity index (χ3v) is 8.07. The van der Waals surface area contributed by atoms with Crippen LogP contribution >= 0.6 is 22.6 Å². The number of nitrogens with zero attached hydrogens (tertiary/aromatic N) is 2. The summed E-state index contributed by atoms with van der Waals surface area (Å²) < 4.78 is 11.8. The lowest BCUT2D eigenvalue weighted by Gasteiger charge is -2.36. The Kier molecular flexibility index (Phi) is 6.69. The molecular weight excluding hydrogens is 555 g/mol. The molecule has 0 atom stereocenters. The van der Waals surface area contributed by atoms with E-state index in [1.165, 1.54) is 29.4 Å². The molecule has 0 spiro atoms.